The molecule has 0 unspecified atom stereocenters. The number of nitrogens with zero attached hydrogens (tertiary/aromatic N) is 4. The Labute approximate surface area is 115 Å². The van der Waals surface area contributed by atoms with Crippen LogP contribution in [0.25, 0.3) is 0 Å². The van der Waals surface area contributed by atoms with E-state index in [1.54, 1.807) is 0 Å². The predicted octanol–water partition coefficient (Wildman–Crippen LogP) is 1.04. The van der Waals surface area contributed by atoms with Gasteiger partial charge in [0.15, 0.2) is 5.82 Å². The van der Waals surface area contributed by atoms with Gasteiger partial charge in [-0.2, -0.15) is 5.10 Å². The van der Waals surface area contributed by atoms with Gasteiger partial charge < -0.3 is 15.5 Å². The van der Waals surface area contributed by atoms with Crippen molar-refractivity contribution in [3.8, 4) is 0 Å². The summed E-state index contributed by atoms with van der Waals surface area (Å²) in [5, 5.41) is 8.43. The molecule has 1 aliphatic heterocycles. The highest BCUT2D eigenvalue weighted by molar-refractivity contribution is 5.37. The number of hydrogen-bond donors (Lipinski definition) is 1. The number of anilines is 1. The van der Waals surface area contributed by atoms with E-state index < -0.39 is 0 Å². The van der Waals surface area contributed by atoms with Gasteiger partial charge in [0.05, 0.1) is 5.69 Å². The molecule has 1 fully saturated rings. The zero-order valence-corrected chi connectivity index (χ0v) is 11.9. The van der Waals surface area contributed by atoms with E-state index >= 15 is 0 Å². The van der Waals surface area contributed by atoms with Gasteiger partial charge in [0.1, 0.15) is 0 Å². The summed E-state index contributed by atoms with van der Waals surface area (Å²) in [6.07, 6.45) is 3.53. The summed E-state index contributed by atoms with van der Waals surface area (Å²) < 4.78 is 0. The first-order chi connectivity index (χ1) is 9.29. The summed E-state index contributed by atoms with van der Waals surface area (Å²) in [4.78, 5) is 4.88. The van der Waals surface area contributed by atoms with E-state index in [4.69, 9.17) is 5.73 Å². The van der Waals surface area contributed by atoms with Crippen molar-refractivity contribution in [2.75, 3.05) is 44.2 Å². The monoisotopic (exact) mass is 263 g/mol. The lowest BCUT2D eigenvalue weighted by Gasteiger charge is -2.22. The second kappa shape index (κ2) is 7.40. The molecule has 2 N–H and O–H groups in total. The highest BCUT2D eigenvalue weighted by Crippen LogP contribution is 2.13. The van der Waals surface area contributed by atoms with Gasteiger partial charge in [0.25, 0.3) is 0 Å². The second-order valence-electron chi connectivity index (χ2n) is 5.21. The van der Waals surface area contributed by atoms with Crippen molar-refractivity contribution in [3.63, 3.8) is 0 Å². The Morgan fingerprint density at radius 1 is 1.11 bits per heavy atom. The third-order valence-electron chi connectivity index (χ3n) is 3.62. The van der Waals surface area contributed by atoms with Gasteiger partial charge in [-0.05, 0) is 58.0 Å². The lowest BCUT2D eigenvalue weighted by Crippen LogP contribution is -2.32. The molecule has 0 atom stereocenters. The Balaban J connectivity index is 1.84. The van der Waals surface area contributed by atoms with Gasteiger partial charge in [-0.3, -0.25) is 0 Å². The summed E-state index contributed by atoms with van der Waals surface area (Å²) in [5.74, 6) is 1.01. The molecule has 0 amide bonds. The Morgan fingerprint density at radius 3 is 2.74 bits per heavy atom. The van der Waals surface area contributed by atoms with E-state index in [9.17, 15) is 0 Å². The largest absolute Gasteiger partial charge is 0.354 e. The molecule has 1 aromatic heterocycles. The number of unbranched alkanes of at least 4 members (excludes halogenated alkanes) is 1. The van der Waals surface area contributed by atoms with Crippen molar-refractivity contribution in [1.29, 1.82) is 0 Å². The normalized spacial score (nSPS) is 17.5. The molecule has 0 bridgehead atoms. The van der Waals surface area contributed by atoms with Crippen LogP contribution in [0.4, 0.5) is 5.82 Å². The first kappa shape index (κ1) is 14.2. The van der Waals surface area contributed by atoms with Crippen molar-refractivity contribution in [3.05, 3.63) is 17.8 Å². The highest BCUT2D eigenvalue weighted by atomic mass is 15.3. The third kappa shape index (κ3) is 4.44. The number of hydrogen-bond acceptors (Lipinski definition) is 5. The van der Waals surface area contributed by atoms with Crippen molar-refractivity contribution in [2.24, 2.45) is 5.73 Å². The lowest BCUT2D eigenvalue weighted by atomic mass is 10.3. The fourth-order valence-electron chi connectivity index (χ4n) is 2.46. The number of rotatable bonds is 5. The molecule has 0 radical (unpaired) electrons. The van der Waals surface area contributed by atoms with Crippen LogP contribution in [0.3, 0.4) is 0 Å². The van der Waals surface area contributed by atoms with Crippen LogP contribution >= 0.6 is 0 Å². The maximum absolute atomic E-state index is 5.54. The molecule has 0 aliphatic carbocycles. The van der Waals surface area contributed by atoms with Crippen molar-refractivity contribution >= 4 is 5.82 Å². The van der Waals surface area contributed by atoms with Crippen LogP contribution in [0.2, 0.25) is 0 Å². The first-order valence-corrected chi connectivity index (χ1v) is 7.27. The summed E-state index contributed by atoms with van der Waals surface area (Å²) >= 11 is 0. The van der Waals surface area contributed by atoms with Crippen LogP contribution < -0.4 is 10.6 Å². The van der Waals surface area contributed by atoms with Gasteiger partial charge in [-0.25, -0.2) is 0 Å². The van der Waals surface area contributed by atoms with Crippen LogP contribution in [0.5, 0.6) is 0 Å². The Bertz CT molecular complexity index is 365. The molecule has 5 nitrogen and oxygen atoms in total. The summed E-state index contributed by atoms with van der Waals surface area (Å²) in [6.45, 7) is 8.36. The molecule has 5 heteroatoms. The minimum atomic E-state index is 0.804. The molecule has 2 heterocycles. The molecular weight excluding hydrogens is 238 g/mol. The molecule has 0 aromatic carbocycles. The van der Waals surface area contributed by atoms with E-state index in [1.165, 1.54) is 25.9 Å². The van der Waals surface area contributed by atoms with Gasteiger partial charge in [-0.1, -0.05) is 0 Å². The Morgan fingerprint density at radius 2 is 2.00 bits per heavy atom. The first-order valence-electron chi connectivity index (χ1n) is 7.27. The van der Waals surface area contributed by atoms with E-state index in [-0.39, 0.29) is 0 Å². The Hall–Kier alpha value is -1.20. The molecule has 0 spiro atoms. The van der Waals surface area contributed by atoms with Crippen LogP contribution in [-0.2, 0) is 0 Å². The molecular formula is C14H25N5. The van der Waals surface area contributed by atoms with Crippen molar-refractivity contribution in [1.82, 2.24) is 15.1 Å². The van der Waals surface area contributed by atoms with Crippen LogP contribution in [-0.4, -0.2) is 54.4 Å². The minimum absolute atomic E-state index is 0.804. The van der Waals surface area contributed by atoms with Crippen molar-refractivity contribution < 1.29 is 0 Å². The summed E-state index contributed by atoms with van der Waals surface area (Å²) in [5.41, 5.74) is 6.52. The maximum atomic E-state index is 5.54. The zero-order valence-electron chi connectivity index (χ0n) is 11.9. The predicted molar refractivity (Wildman–Crippen MR) is 78.3 cm³/mol. The molecule has 1 aliphatic rings. The second-order valence-corrected chi connectivity index (χ2v) is 5.21. The smallest absolute Gasteiger partial charge is 0.151 e. The van der Waals surface area contributed by atoms with Crippen LogP contribution in [0, 0.1) is 6.92 Å². The molecule has 1 saturated heterocycles. The number of aromatic nitrogens is 2. The number of nitrogens with two attached hydrogens (primary N) is 1. The van der Waals surface area contributed by atoms with E-state index in [1.807, 2.05) is 13.0 Å². The SMILES string of the molecule is Cc1ccc(N2CCCN(CCCCN)CC2)nn1. The highest BCUT2D eigenvalue weighted by Gasteiger charge is 2.15. The van der Waals surface area contributed by atoms with Gasteiger partial charge in [0.2, 0.25) is 0 Å². The molecule has 2 rings (SSSR count). The van der Waals surface area contributed by atoms with E-state index in [0.29, 0.717) is 0 Å². The van der Waals surface area contributed by atoms with E-state index in [2.05, 4.69) is 26.1 Å². The quantitative estimate of drug-likeness (QED) is 0.804. The third-order valence-corrected chi connectivity index (χ3v) is 3.62. The lowest BCUT2D eigenvalue weighted by molar-refractivity contribution is 0.288. The maximum Gasteiger partial charge on any atom is 0.151 e. The zero-order chi connectivity index (χ0) is 13.5. The number of aryl methyl sites for hydroxylation is 1. The van der Waals surface area contributed by atoms with E-state index in [0.717, 1.165) is 44.1 Å². The van der Waals surface area contributed by atoms with Gasteiger partial charge in [0, 0.05) is 19.6 Å². The van der Waals surface area contributed by atoms with Crippen LogP contribution in [0.15, 0.2) is 12.1 Å². The van der Waals surface area contributed by atoms with Gasteiger partial charge >= 0.3 is 0 Å². The summed E-state index contributed by atoms with van der Waals surface area (Å²) in [6, 6.07) is 4.11. The summed E-state index contributed by atoms with van der Waals surface area (Å²) in [7, 11) is 0. The Kier molecular flexibility index (Phi) is 5.54. The molecule has 1 aromatic rings. The average molecular weight is 263 g/mol. The molecule has 106 valence electrons. The topological polar surface area (TPSA) is 58.3 Å². The fraction of sp³-hybridized carbons (Fsp3) is 0.714. The molecule has 19 heavy (non-hydrogen) atoms. The minimum Gasteiger partial charge on any atom is -0.354 e. The molecule has 0 saturated carbocycles. The standard InChI is InChI=1S/C14H25N5/c1-13-5-6-14(17-16-13)19-10-4-9-18(11-12-19)8-3-2-7-15/h5-6H,2-4,7-12,15H2,1H3. The van der Waals surface area contributed by atoms with Gasteiger partial charge in [-0.15, -0.1) is 5.10 Å². The van der Waals surface area contributed by atoms with Crippen LogP contribution in [0.1, 0.15) is 25.0 Å². The fourth-order valence-corrected chi connectivity index (χ4v) is 2.46. The van der Waals surface area contributed by atoms with Crippen molar-refractivity contribution in [2.45, 2.75) is 26.2 Å². The average Bonchev–Trinajstić information content (AvgIpc) is 2.66.